The number of rotatable bonds is 5. The molecule has 6 nitrogen and oxygen atoms in total. The minimum atomic E-state index is -0.955. The smallest absolute Gasteiger partial charge is 0.335 e. The standard InChI is InChI=1S/C31H32FN3O3/c1-34-14-15-35-28-17-20(31(36)37)9-11-26(28)29(25-7-2-3-8-27(25)32)30(35)24-12-10-23(16-21(24)18-34)38-19-22-6-4-5-13-33-22/h4-6,9-13,16-17,25,27H,2-3,7-8,14-15,18-19H2,1H3,(H,36,37)/t25-,27-/m1/s1. The summed E-state index contributed by atoms with van der Waals surface area (Å²) in [5.41, 5.74) is 6.19. The van der Waals surface area contributed by atoms with E-state index < -0.39 is 12.1 Å². The van der Waals surface area contributed by atoms with Gasteiger partial charge < -0.3 is 19.3 Å². The lowest BCUT2D eigenvalue weighted by atomic mass is 9.80. The highest BCUT2D eigenvalue weighted by Crippen LogP contribution is 2.47. The Morgan fingerprint density at radius 2 is 1.97 bits per heavy atom. The molecule has 1 fully saturated rings. The third-order valence-electron chi connectivity index (χ3n) is 7.99. The van der Waals surface area contributed by atoms with Gasteiger partial charge in [-0.15, -0.1) is 0 Å². The Hall–Kier alpha value is -3.71. The summed E-state index contributed by atoms with van der Waals surface area (Å²) in [4.78, 5) is 18.5. The van der Waals surface area contributed by atoms with Crippen molar-refractivity contribution in [2.75, 3.05) is 13.6 Å². The highest BCUT2D eigenvalue weighted by molar-refractivity contribution is 5.98. The number of ether oxygens (including phenoxy) is 1. The third-order valence-corrected chi connectivity index (χ3v) is 7.99. The minimum absolute atomic E-state index is 0.205. The first-order valence-electron chi connectivity index (χ1n) is 13.4. The number of fused-ring (bicyclic) bond motifs is 5. The van der Waals surface area contributed by atoms with Gasteiger partial charge in [-0.2, -0.15) is 0 Å². The van der Waals surface area contributed by atoms with Crippen LogP contribution in [0.5, 0.6) is 5.75 Å². The van der Waals surface area contributed by atoms with Crippen molar-refractivity contribution < 1.29 is 19.0 Å². The molecule has 4 aromatic rings. The first-order valence-corrected chi connectivity index (χ1v) is 13.4. The number of carboxylic acid groups (broad SMARTS) is 1. The van der Waals surface area contributed by atoms with Crippen molar-refractivity contribution in [2.24, 2.45) is 0 Å². The van der Waals surface area contributed by atoms with E-state index in [1.165, 1.54) is 0 Å². The van der Waals surface area contributed by atoms with Crippen LogP contribution < -0.4 is 4.74 Å². The quantitative estimate of drug-likeness (QED) is 0.334. The normalized spacial score (nSPS) is 19.8. The van der Waals surface area contributed by atoms with E-state index in [-0.39, 0.29) is 11.5 Å². The number of benzene rings is 2. The molecule has 0 radical (unpaired) electrons. The molecule has 2 atom stereocenters. The maximum atomic E-state index is 15.5. The molecule has 7 heteroatoms. The largest absolute Gasteiger partial charge is 0.487 e. The summed E-state index contributed by atoms with van der Waals surface area (Å²) in [6.45, 7) is 2.61. The summed E-state index contributed by atoms with van der Waals surface area (Å²) < 4.78 is 23.9. The molecule has 0 bridgehead atoms. The molecule has 0 unspecified atom stereocenters. The van der Waals surface area contributed by atoms with E-state index in [1.807, 2.05) is 30.3 Å². The summed E-state index contributed by atoms with van der Waals surface area (Å²) in [6.07, 6.45) is 4.13. The van der Waals surface area contributed by atoms with E-state index in [0.29, 0.717) is 19.6 Å². The number of likely N-dealkylation sites (N-methyl/N-ethyl adjacent to an activating group) is 1. The molecule has 0 saturated heterocycles. The molecule has 6 rings (SSSR count). The van der Waals surface area contributed by atoms with E-state index in [1.54, 1.807) is 18.3 Å². The molecule has 2 aromatic heterocycles. The maximum Gasteiger partial charge on any atom is 0.335 e. The van der Waals surface area contributed by atoms with Crippen LogP contribution in [0.1, 0.15) is 58.8 Å². The van der Waals surface area contributed by atoms with E-state index in [2.05, 4.69) is 33.6 Å². The summed E-state index contributed by atoms with van der Waals surface area (Å²) in [5, 5.41) is 10.7. The third kappa shape index (κ3) is 4.56. The predicted molar refractivity (Wildman–Crippen MR) is 145 cm³/mol. The van der Waals surface area contributed by atoms with Gasteiger partial charge in [0.1, 0.15) is 18.5 Å². The number of aromatic carboxylic acids is 1. The molecule has 1 saturated carbocycles. The Labute approximate surface area is 221 Å². The Balaban J connectivity index is 1.52. The van der Waals surface area contributed by atoms with Gasteiger partial charge in [-0.25, -0.2) is 9.18 Å². The number of carbonyl (C=O) groups is 1. The van der Waals surface area contributed by atoms with Crippen molar-refractivity contribution in [3.8, 4) is 17.0 Å². The fourth-order valence-electron chi connectivity index (χ4n) is 6.12. The average molecular weight is 514 g/mol. The van der Waals surface area contributed by atoms with E-state index in [0.717, 1.165) is 77.1 Å². The van der Waals surface area contributed by atoms with Gasteiger partial charge in [0.15, 0.2) is 0 Å². The van der Waals surface area contributed by atoms with Gasteiger partial charge in [-0.05, 0) is 73.5 Å². The Morgan fingerprint density at radius 3 is 2.76 bits per heavy atom. The molecule has 1 N–H and O–H groups in total. The number of aromatic nitrogens is 2. The SMILES string of the molecule is CN1CCn2c(c([C@@H]3CCCC[C@H]3F)c3ccc(C(=O)O)cc32)-c2ccc(OCc3ccccn3)cc2C1. The van der Waals surface area contributed by atoms with E-state index in [4.69, 9.17) is 4.74 Å². The average Bonchev–Trinajstić information content (AvgIpc) is 3.23. The Morgan fingerprint density at radius 1 is 1.11 bits per heavy atom. The molecule has 0 spiro atoms. The number of pyridine rings is 1. The zero-order valence-electron chi connectivity index (χ0n) is 21.6. The maximum absolute atomic E-state index is 15.5. The van der Waals surface area contributed by atoms with Gasteiger partial charge in [0.05, 0.1) is 17.0 Å². The van der Waals surface area contributed by atoms with Crippen LogP contribution >= 0.6 is 0 Å². The molecule has 2 aliphatic rings. The van der Waals surface area contributed by atoms with Crippen LogP contribution in [0.15, 0.2) is 60.8 Å². The summed E-state index contributed by atoms with van der Waals surface area (Å²) in [5.74, 6) is -0.395. The zero-order valence-corrected chi connectivity index (χ0v) is 21.6. The second kappa shape index (κ2) is 10.2. The number of hydrogen-bond acceptors (Lipinski definition) is 4. The molecule has 196 valence electrons. The molecule has 3 heterocycles. The van der Waals surface area contributed by atoms with Crippen molar-refractivity contribution in [3.05, 3.63) is 83.2 Å². The van der Waals surface area contributed by atoms with Crippen molar-refractivity contribution >= 4 is 16.9 Å². The molecule has 0 amide bonds. The highest BCUT2D eigenvalue weighted by atomic mass is 19.1. The second-order valence-corrected chi connectivity index (χ2v) is 10.5. The topological polar surface area (TPSA) is 67.6 Å². The van der Waals surface area contributed by atoms with E-state index >= 15 is 4.39 Å². The first kappa shape index (κ1) is 24.6. The number of alkyl halides is 1. The molecule has 2 aromatic carbocycles. The van der Waals surface area contributed by atoms with Gasteiger partial charge >= 0.3 is 5.97 Å². The van der Waals surface area contributed by atoms with Gasteiger partial charge in [-0.3, -0.25) is 4.98 Å². The fourth-order valence-corrected chi connectivity index (χ4v) is 6.12. The Bertz CT molecular complexity index is 1480. The lowest BCUT2D eigenvalue weighted by molar-refractivity contribution is 0.0697. The van der Waals surface area contributed by atoms with Crippen molar-refractivity contribution in [1.82, 2.24) is 14.5 Å². The molecular weight excluding hydrogens is 481 g/mol. The highest BCUT2D eigenvalue weighted by Gasteiger charge is 2.34. The van der Waals surface area contributed by atoms with Crippen LogP contribution in [0.4, 0.5) is 4.39 Å². The molecule has 1 aliphatic heterocycles. The lowest BCUT2D eigenvalue weighted by Gasteiger charge is -2.29. The number of hydrogen-bond donors (Lipinski definition) is 1. The van der Waals surface area contributed by atoms with Crippen LogP contribution in [0.25, 0.3) is 22.2 Å². The first-order chi connectivity index (χ1) is 18.5. The van der Waals surface area contributed by atoms with Gasteiger partial charge in [0, 0.05) is 48.2 Å². The monoisotopic (exact) mass is 513 g/mol. The van der Waals surface area contributed by atoms with Gasteiger partial charge in [-0.1, -0.05) is 25.0 Å². The van der Waals surface area contributed by atoms with Crippen molar-refractivity contribution in [1.29, 1.82) is 0 Å². The van der Waals surface area contributed by atoms with Crippen LogP contribution in [0.3, 0.4) is 0 Å². The molecular formula is C31H32FN3O3. The summed E-state index contributed by atoms with van der Waals surface area (Å²) in [6, 6.07) is 17.2. The van der Waals surface area contributed by atoms with Gasteiger partial charge in [0.2, 0.25) is 0 Å². The minimum Gasteiger partial charge on any atom is -0.487 e. The fraction of sp³-hybridized carbons (Fsp3) is 0.355. The van der Waals surface area contributed by atoms with Crippen LogP contribution in [-0.4, -0.2) is 45.3 Å². The van der Waals surface area contributed by atoms with Crippen molar-refractivity contribution in [2.45, 2.75) is 57.5 Å². The molecule has 38 heavy (non-hydrogen) atoms. The molecule has 1 aliphatic carbocycles. The van der Waals surface area contributed by atoms with Crippen LogP contribution in [0, 0.1) is 0 Å². The number of carboxylic acids is 1. The predicted octanol–water partition coefficient (Wildman–Crippen LogP) is 6.42. The lowest BCUT2D eigenvalue weighted by Crippen LogP contribution is -2.26. The van der Waals surface area contributed by atoms with Gasteiger partial charge in [0.25, 0.3) is 0 Å². The second-order valence-electron chi connectivity index (χ2n) is 10.5. The van der Waals surface area contributed by atoms with E-state index in [9.17, 15) is 9.90 Å². The number of nitrogens with zero attached hydrogens (tertiary/aromatic N) is 3. The van der Waals surface area contributed by atoms with Crippen molar-refractivity contribution in [3.63, 3.8) is 0 Å². The van der Waals surface area contributed by atoms with Crippen LogP contribution in [-0.2, 0) is 19.7 Å². The zero-order chi connectivity index (χ0) is 26.2. The van der Waals surface area contributed by atoms with Crippen LogP contribution in [0.2, 0.25) is 0 Å². The summed E-state index contributed by atoms with van der Waals surface area (Å²) >= 11 is 0. The Kier molecular flexibility index (Phi) is 6.62. The summed E-state index contributed by atoms with van der Waals surface area (Å²) in [7, 11) is 2.09. The number of halogens is 1.